The minimum Gasteiger partial charge on any atom is -0.364 e. The van der Waals surface area contributed by atoms with Gasteiger partial charge in [0, 0.05) is 12.1 Å². The molecule has 26 heavy (non-hydrogen) atoms. The largest absolute Gasteiger partial charge is 0.364 e. The third-order valence-electron chi connectivity index (χ3n) is 3.45. The smallest absolute Gasteiger partial charge is 0.264 e. The summed E-state index contributed by atoms with van der Waals surface area (Å²) in [5.74, 6) is 0.104. The molecule has 1 aromatic heterocycles. The Morgan fingerprint density at radius 2 is 1.58 bits per heavy atom. The monoisotopic (exact) mass is 392 g/mol. The van der Waals surface area contributed by atoms with Crippen LogP contribution >= 0.6 is 11.6 Å². The van der Waals surface area contributed by atoms with Crippen LogP contribution in [0.25, 0.3) is 0 Å². The predicted molar refractivity (Wildman–Crippen MR) is 98.0 cm³/mol. The zero-order valence-electron chi connectivity index (χ0n) is 13.4. The summed E-state index contributed by atoms with van der Waals surface area (Å²) in [5.41, 5.74) is 0.484. The van der Waals surface area contributed by atoms with Gasteiger partial charge < -0.3 is 5.32 Å². The second-order valence-electron chi connectivity index (χ2n) is 5.28. The first-order valence-corrected chi connectivity index (χ1v) is 9.40. The molecule has 0 amide bonds. The summed E-state index contributed by atoms with van der Waals surface area (Å²) >= 11 is 5.92. The van der Waals surface area contributed by atoms with Crippen molar-refractivity contribution in [3.8, 4) is 0 Å². The first-order valence-electron chi connectivity index (χ1n) is 7.54. The summed E-state index contributed by atoms with van der Waals surface area (Å²) in [6.07, 6.45) is 0. The molecule has 0 unspecified atom stereocenters. The van der Waals surface area contributed by atoms with Gasteiger partial charge in [-0.1, -0.05) is 41.9 Å². The number of rotatable bonds is 6. The molecule has 2 N–H and O–H groups in total. The van der Waals surface area contributed by atoms with Crippen LogP contribution in [0.4, 0.5) is 16.0 Å². The molecule has 1 heterocycles. The molecule has 2 aromatic carbocycles. The van der Waals surface area contributed by atoms with E-state index in [0.717, 1.165) is 0 Å². The van der Waals surface area contributed by atoms with Crippen molar-refractivity contribution in [1.29, 1.82) is 0 Å². The van der Waals surface area contributed by atoms with E-state index in [9.17, 15) is 12.8 Å². The number of anilines is 2. The zero-order valence-corrected chi connectivity index (χ0v) is 14.9. The van der Waals surface area contributed by atoms with Gasteiger partial charge in [0.1, 0.15) is 16.5 Å². The van der Waals surface area contributed by atoms with E-state index < -0.39 is 10.0 Å². The number of hydrogen-bond acceptors (Lipinski definition) is 5. The van der Waals surface area contributed by atoms with Crippen molar-refractivity contribution in [3.05, 3.63) is 77.1 Å². The van der Waals surface area contributed by atoms with Gasteiger partial charge in [-0.2, -0.15) is 0 Å². The third-order valence-corrected chi connectivity index (χ3v) is 5.30. The van der Waals surface area contributed by atoms with Crippen molar-refractivity contribution in [2.24, 2.45) is 0 Å². The summed E-state index contributed by atoms with van der Waals surface area (Å²) < 4.78 is 40.6. The molecular formula is C17H14ClFN4O2S. The van der Waals surface area contributed by atoms with Crippen LogP contribution in [-0.2, 0) is 16.6 Å². The van der Waals surface area contributed by atoms with Crippen LogP contribution in [0.1, 0.15) is 5.56 Å². The van der Waals surface area contributed by atoms with Crippen LogP contribution in [-0.4, -0.2) is 18.6 Å². The number of benzene rings is 2. The lowest BCUT2D eigenvalue weighted by atomic mass is 10.2. The molecule has 0 spiro atoms. The Kier molecular flexibility index (Phi) is 5.34. The van der Waals surface area contributed by atoms with Crippen LogP contribution in [0.3, 0.4) is 0 Å². The highest BCUT2D eigenvalue weighted by atomic mass is 35.5. The fraction of sp³-hybridized carbons (Fsp3) is 0.0588. The Morgan fingerprint density at radius 1 is 0.923 bits per heavy atom. The fourth-order valence-corrected chi connectivity index (χ4v) is 3.68. The van der Waals surface area contributed by atoms with Crippen LogP contribution in [0.5, 0.6) is 0 Å². The number of nitrogens with one attached hydrogen (secondary N) is 2. The maximum Gasteiger partial charge on any atom is 0.264 e. The lowest BCUT2D eigenvalue weighted by Gasteiger charge is -2.09. The van der Waals surface area contributed by atoms with E-state index in [0.29, 0.717) is 11.4 Å². The highest BCUT2D eigenvalue weighted by Crippen LogP contribution is 2.22. The van der Waals surface area contributed by atoms with Gasteiger partial charge in [-0.25, -0.2) is 12.8 Å². The van der Waals surface area contributed by atoms with Crippen LogP contribution < -0.4 is 10.0 Å². The second-order valence-corrected chi connectivity index (χ2v) is 7.34. The third kappa shape index (κ3) is 4.27. The van der Waals surface area contributed by atoms with Gasteiger partial charge in [0.15, 0.2) is 5.82 Å². The minimum absolute atomic E-state index is 0.0429. The first kappa shape index (κ1) is 18.1. The highest BCUT2D eigenvalue weighted by molar-refractivity contribution is 7.92. The van der Waals surface area contributed by atoms with E-state index >= 15 is 0 Å². The molecule has 0 fully saturated rings. The molecule has 0 saturated heterocycles. The van der Waals surface area contributed by atoms with E-state index in [2.05, 4.69) is 20.2 Å². The van der Waals surface area contributed by atoms with Crippen molar-refractivity contribution in [3.63, 3.8) is 0 Å². The number of hydrogen-bond donors (Lipinski definition) is 2. The normalized spacial score (nSPS) is 11.2. The molecule has 3 rings (SSSR count). The Labute approximate surface area is 155 Å². The van der Waals surface area contributed by atoms with Gasteiger partial charge in [0.2, 0.25) is 0 Å². The standard InChI is InChI=1S/C17H14ClFN4O2S/c18-13-6-2-4-8-15(13)26(24,25)23-17-10-9-16(21-22-17)20-11-12-5-1-3-7-14(12)19/h1-10H,11H2,(H,20,21)(H,22,23). The number of aromatic nitrogens is 2. The molecule has 0 saturated carbocycles. The van der Waals surface area contributed by atoms with E-state index in [1.165, 1.54) is 30.3 Å². The zero-order chi connectivity index (χ0) is 18.6. The molecule has 9 heteroatoms. The van der Waals surface area contributed by atoms with Crippen molar-refractivity contribution in [2.45, 2.75) is 11.4 Å². The fourth-order valence-electron chi connectivity index (χ4n) is 2.16. The highest BCUT2D eigenvalue weighted by Gasteiger charge is 2.18. The summed E-state index contributed by atoms with van der Waals surface area (Å²) in [4.78, 5) is -0.0507. The van der Waals surface area contributed by atoms with Gasteiger partial charge in [0.25, 0.3) is 10.0 Å². The van der Waals surface area contributed by atoms with Crippen molar-refractivity contribution >= 4 is 33.3 Å². The Hall–Kier alpha value is -2.71. The van der Waals surface area contributed by atoms with Crippen molar-refractivity contribution in [2.75, 3.05) is 10.0 Å². The lowest BCUT2D eigenvalue weighted by molar-refractivity contribution is 0.601. The minimum atomic E-state index is -3.87. The van der Waals surface area contributed by atoms with E-state index in [4.69, 9.17) is 11.6 Å². The maximum atomic E-state index is 13.6. The molecular weight excluding hydrogens is 379 g/mol. The summed E-state index contributed by atoms with van der Waals surface area (Å²) in [6.45, 7) is 0.228. The van der Waals surface area contributed by atoms with Crippen LogP contribution in [0, 0.1) is 5.82 Å². The van der Waals surface area contributed by atoms with Crippen molar-refractivity contribution in [1.82, 2.24) is 10.2 Å². The molecule has 0 atom stereocenters. The van der Waals surface area contributed by atoms with Gasteiger partial charge in [-0.3, -0.25) is 4.72 Å². The van der Waals surface area contributed by atoms with Gasteiger partial charge in [-0.05, 0) is 30.3 Å². The average molecular weight is 393 g/mol. The number of halogens is 2. The first-order chi connectivity index (χ1) is 12.5. The molecule has 0 aliphatic rings. The Balaban J connectivity index is 1.68. The Morgan fingerprint density at radius 3 is 2.27 bits per heavy atom. The van der Waals surface area contributed by atoms with Crippen molar-refractivity contribution < 1.29 is 12.8 Å². The molecule has 0 bridgehead atoms. The summed E-state index contributed by atoms with van der Waals surface area (Å²) in [7, 11) is -3.87. The molecule has 134 valence electrons. The van der Waals surface area contributed by atoms with Gasteiger partial charge in [0.05, 0.1) is 5.02 Å². The van der Waals surface area contributed by atoms with Gasteiger partial charge in [-0.15, -0.1) is 10.2 Å². The van der Waals surface area contributed by atoms with E-state index in [-0.39, 0.29) is 28.1 Å². The Bertz CT molecular complexity index is 1010. The summed E-state index contributed by atoms with van der Waals surface area (Å²) in [5, 5.41) is 10.7. The number of sulfonamides is 1. The predicted octanol–water partition coefficient (Wildman–Crippen LogP) is 3.68. The lowest BCUT2D eigenvalue weighted by Crippen LogP contribution is -2.15. The average Bonchev–Trinajstić information content (AvgIpc) is 2.62. The van der Waals surface area contributed by atoms with E-state index in [1.807, 2.05) is 0 Å². The van der Waals surface area contributed by atoms with Gasteiger partial charge >= 0.3 is 0 Å². The molecule has 0 aliphatic heterocycles. The molecule has 6 nitrogen and oxygen atoms in total. The molecule has 0 aliphatic carbocycles. The topological polar surface area (TPSA) is 84.0 Å². The van der Waals surface area contributed by atoms with Crippen LogP contribution in [0.2, 0.25) is 5.02 Å². The number of nitrogens with zero attached hydrogens (tertiary/aromatic N) is 2. The SMILES string of the molecule is O=S(=O)(Nc1ccc(NCc2ccccc2F)nn1)c1ccccc1Cl. The summed E-state index contributed by atoms with van der Waals surface area (Å²) in [6, 6.07) is 15.4. The second kappa shape index (κ2) is 7.67. The van der Waals surface area contributed by atoms with Crippen LogP contribution in [0.15, 0.2) is 65.6 Å². The van der Waals surface area contributed by atoms with E-state index in [1.54, 1.807) is 30.3 Å². The molecule has 3 aromatic rings. The quantitative estimate of drug-likeness (QED) is 0.668. The maximum absolute atomic E-state index is 13.6. The molecule has 0 radical (unpaired) electrons.